The van der Waals surface area contributed by atoms with Crippen molar-refractivity contribution in [1.82, 2.24) is 15.5 Å². The summed E-state index contributed by atoms with van der Waals surface area (Å²) >= 11 is 0. The molecule has 0 saturated heterocycles. The Morgan fingerprint density at radius 2 is 2.14 bits per heavy atom. The fourth-order valence-corrected chi connectivity index (χ4v) is 3.43. The molecule has 0 radical (unpaired) electrons. The smallest absolute Gasteiger partial charge is 0.328 e. The fourth-order valence-electron chi connectivity index (χ4n) is 3.43. The lowest BCUT2D eigenvalue weighted by Gasteiger charge is -2.37. The maximum atomic E-state index is 12.8. The largest absolute Gasteiger partial charge is 0.493 e. The Hall–Kier alpha value is -3.29. The van der Waals surface area contributed by atoms with E-state index in [-0.39, 0.29) is 5.91 Å². The molecule has 0 fully saturated rings. The number of aliphatic carboxylic acids is 1. The number of anilines is 1. The van der Waals surface area contributed by atoms with Crippen molar-refractivity contribution in [1.29, 1.82) is 0 Å². The first-order valence-electron chi connectivity index (χ1n) is 9.76. The minimum absolute atomic E-state index is 0.198. The predicted molar refractivity (Wildman–Crippen MR) is 110 cm³/mol. The zero-order chi connectivity index (χ0) is 21.0. The second kappa shape index (κ2) is 8.81. The molecule has 1 aliphatic heterocycles. The molecular formula is C21H26N4O4. The van der Waals surface area contributed by atoms with Crippen molar-refractivity contribution in [3.8, 4) is 5.75 Å². The van der Waals surface area contributed by atoms with Crippen LogP contribution in [0.1, 0.15) is 60.0 Å². The first kappa shape index (κ1) is 20.4. The number of hydrogen-bond acceptors (Lipinski definition) is 5. The van der Waals surface area contributed by atoms with Gasteiger partial charge in [0.15, 0.2) is 0 Å². The Balaban J connectivity index is 2.08. The monoisotopic (exact) mass is 398 g/mol. The van der Waals surface area contributed by atoms with Crippen LogP contribution in [0, 0.1) is 6.92 Å². The van der Waals surface area contributed by atoms with E-state index in [9.17, 15) is 9.59 Å². The van der Waals surface area contributed by atoms with Crippen molar-refractivity contribution >= 4 is 23.8 Å². The third-order valence-electron chi connectivity index (χ3n) is 4.69. The van der Waals surface area contributed by atoms with Crippen molar-refractivity contribution in [2.45, 2.75) is 39.8 Å². The molecule has 8 heteroatoms. The van der Waals surface area contributed by atoms with Gasteiger partial charge in [-0.05, 0) is 43.5 Å². The zero-order valence-corrected chi connectivity index (χ0v) is 16.9. The molecule has 1 aromatic heterocycles. The quantitative estimate of drug-likeness (QED) is 0.589. The van der Waals surface area contributed by atoms with Gasteiger partial charge in [-0.25, -0.2) is 4.79 Å². The number of hydrogen-bond donors (Lipinski definition) is 3. The molecule has 1 aromatic carbocycles. The van der Waals surface area contributed by atoms with E-state index in [2.05, 4.69) is 27.3 Å². The summed E-state index contributed by atoms with van der Waals surface area (Å²) in [5.74, 6) is 0.127. The van der Waals surface area contributed by atoms with Crippen molar-refractivity contribution in [2.24, 2.45) is 0 Å². The summed E-state index contributed by atoms with van der Waals surface area (Å²) < 4.78 is 5.93. The third-order valence-corrected chi connectivity index (χ3v) is 4.69. The molecule has 3 N–H and O–H groups in total. The molecule has 3 rings (SSSR count). The number of H-pyrrole nitrogens is 1. The number of carbonyl (C=O) groups is 2. The summed E-state index contributed by atoms with van der Waals surface area (Å²) in [5, 5.41) is 19.2. The van der Waals surface area contributed by atoms with Gasteiger partial charge in [-0.1, -0.05) is 19.9 Å². The normalized spacial score (nSPS) is 16.0. The highest BCUT2D eigenvalue weighted by molar-refractivity contribution is 6.02. The zero-order valence-electron chi connectivity index (χ0n) is 16.9. The van der Waals surface area contributed by atoms with Crippen LogP contribution in [-0.2, 0) is 4.79 Å². The highest BCUT2D eigenvalue weighted by atomic mass is 16.5. The SMILES string of the molecule is CCCOc1ccc(C=CC(=O)O)cc1C1NC(=O)c2c(C)n[nH]c2N1CCC. The number of fused-ring (bicyclic) bond motifs is 1. The van der Waals surface area contributed by atoms with Crippen LogP contribution in [0.3, 0.4) is 0 Å². The van der Waals surface area contributed by atoms with Gasteiger partial charge in [0, 0.05) is 18.2 Å². The van der Waals surface area contributed by atoms with E-state index in [1.807, 2.05) is 19.1 Å². The van der Waals surface area contributed by atoms with Crippen LogP contribution < -0.4 is 15.0 Å². The van der Waals surface area contributed by atoms with Crippen LogP contribution >= 0.6 is 0 Å². The number of nitrogens with zero attached hydrogens (tertiary/aromatic N) is 2. The molecule has 1 atom stereocenters. The number of benzene rings is 1. The van der Waals surface area contributed by atoms with Crippen molar-refractivity contribution in [3.05, 3.63) is 46.7 Å². The van der Waals surface area contributed by atoms with Crippen molar-refractivity contribution < 1.29 is 19.4 Å². The van der Waals surface area contributed by atoms with E-state index in [0.717, 1.165) is 24.5 Å². The van der Waals surface area contributed by atoms with Gasteiger partial charge in [0.2, 0.25) is 0 Å². The maximum absolute atomic E-state index is 12.8. The van der Waals surface area contributed by atoms with Crippen LogP contribution in [0.2, 0.25) is 0 Å². The van der Waals surface area contributed by atoms with Gasteiger partial charge in [-0.15, -0.1) is 0 Å². The Bertz CT molecular complexity index is 935. The molecule has 8 nitrogen and oxygen atoms in total. The number of aromatic amines is 1. The fraction of sp³-hybridized carbons (Fsp3) is 0.381. The number of carboxylic acid groups (broad SMARTS) is 1. The highest BCUT2D eigenvalue weighted by Crippen LogP contribution is 2.37. The first-order chi connectivity index (χ1) is 14.0. The van der Waals surface area contributed by atoms with E-state index >= 15 is 0 Å². The molecule has 154 valence electrons. The number of rotatable bonds is 8. The van der Waals surface area contributed by atoms with E-state index in [0.29, 0.717) is 41.5 Å². The van der Waals surface area contributed by atoms with E-state index in [1.165, 1.54) is 6.08 Å². The average Bonchev–Trinajstić information content (AvgIpc) is 3.09. The lowest BCUT2D eigenvalue weighted by Crippen LogP contribution is -2.47. The number of carboxylic acids is 1. The molecule has 0 bridgehead atoms. The number of nitrogens with one attached hydrogen (secondary N) is 2. The van der Waals surface area contributed by atoms with Gasteiger partial charge >= 0.3 is 5.97 Å². The number of aryl methyl sites for hydroxylation is 1. The van der Waals surface area contributed by atoms with Gasteiger partial charge in [-0.3, -0.25) is 9.89 Å². The molecule has 0 saturated carbocycles. The molecular weight excluding hydrogens is 372 g/mol. The number of carbonyl (C=O) groups excluding carboxylic acids is 1. The van der Waals surface area contributed by atoms with Gasteiger partial charge < -0.3 is 20.1 Å². The molecule has 1 unspecified atom stereocenters. The van der Waals surface area contributed by atoms with Crippen molar-refractivity contribution in [2.75, 3.05) is 18.1 Å². The Labute approximate surface area is 169 Å². The van der Waals surface area contributed by atoms with Crippen LogP contribution in [0.25, 0.3) is 6.08 Å². The Morgan fingerprint density at radius 1 is 1.34 bits per heavy atom. The second-order valence-corrected chi connectivity index (χ2v) is 6.92. The van der Waals surface area contributed by atoms with Crippen LogP contribution in [-0.4, -0.2) is 40.3 Å². The maximum Gasteiger partial charge on any atom is 0.328 e. The van der Waals surface area contributed by atoms with Gasteiger partial charge in [0.05, 0.1) is 12.3 Å². The summed E-state index contributed by atoms with van der Waals surface area (Å²) in [5.41, 5.74) is 2.68. The summed E-state index contributed by atoms with van der Waals surface area (Å²) in [6, 6.07) is 5.47. The highest BCUT2D eigenvalue weighted by Gasteiger charge is 2.36. The summed E-state index contributed by atoms with van der Waals surface area (Å²) in [7, 11) is 0. The summed E-state index contributed by atoms with van der Waals surface area (Å²) in [6.45, 7) is 7.13. The molecule has 0 spiro atoms. The Kier molecular flexibility index (Phi) is 6.21. The van der Waals surface area contributed by atoms with E-state index in [4.69, 9.17) is 9.84 Å². The molecule has 2 aromatic rings. The molecule has 1 amide bonds. The number of ether oxygens (including phenoxy) is 1. The van der Waals surface area contributed by atoms with E-state index in [1.54, 1.807) is 13.0 Å². The molecule has 1 aliphatic rings. The predicted octanol–water partition coefficient (Wildman–Crippen LogP) is 3.26. The van der Waals surface area contributed by atoms with Gasteiger partial charge in [0.1, 0.15) is 23.3 Å². The van der Waals surface area contributed by atoms with Crippen LogP contribution in [0.15, 0.2) is 24.3 Å². The molecule has 29 heavy (non-hydrogen) atoms. The minimum Gasteiger partial charge on any atom is -0.493 e. The van der Waals surface area contributed by atoms with Crippen LogP contribution in [0.4, 0.5) is 5.82 Å². The second-order valence-electron chi connectivity index (χ2n) is 6.92. The molecule has 2 heterocycles. The summed E-state index contributed by atoms with van der Waals surface area (Å²) in [6.07, 6.45) is 3.87. The Morgan fingerprint density at radius 3 is 2.83 bits per heavy atom. The van der Waals surface area contributed by atoms with Gasteiger partial charge in [0.25, 0.3) is 5.91 Å². The standard InChI is InChI=1S/C21H26N4O4/c1-4-10-25-19(22-21(28)18-13(3)23-24-20(18)25)15-12-14(7-9-17(26)27)6-8-16(15)29-11-5-2/h6-9,12,19H,4-5,10-11H2,1-3H3,(H,22,28)(H,23,24)(H,26,27). The molecule has 0 aliphatic carbocycles. The minimum atomic E-state index is -1.02. The lowest BCUT2D eigenvalue weighted by atomic mass is 10.0. The first-order valence-corrected chi connectivity index (χ1v) is 9.76. The van der Waals surface area contributed by atoms with E-state index < -0.39 is 12.1 Å². The van der Waals surface area contributed by atoms with Crippen LogP contribution in [0.5, 0.6) is 5.75 Å². The van der Waals surface area contributed by atoms with Crippen molar-refractivity contribution in [3.63, 3.8) is 0 Å². The number of amides is 1. The topological polar surface area (TPSA) is 108 Å². The lowest BCUT2D eigenvalue weighted by molar-refractivity contribution is -0.131. The average molecular weight is 398 g/mol. The third kappa shape index (κ3) is 4.26. The number of aromatic nitrogens is 2. The summed E-state index contributed by atoms with van der Waals surface area (Å²) in [4.78, 5) is 25.8. The van der Waals surface area contributed by atoms with Gasteiger partial charge in [-0.2, -0.15) is 5.10 Å².